The summed E-state index contributed by atoms with van der Waals surface area (Å²) < 4.78 is 72.7. The Hall–Kier alpha value is -3.05. The van der Waals surface area contributed by atoms with E-state index in [1.165, 1.54) is 43.5 Å². The Labute approximate surface area is 192 Å². The minimum atomic E-state index is -4.88. The number of nitrogens with one attached hydrogen (secondary N) is 1. The van der Waals surface area contributed by atoms with Gasteiger partial charge in [0, 0.05) is 28.1 Å². The molecule has 2 aromatic carbocycles. The molecule has 1 amide bonds. The Balaban J connectivity index is 2.23. The van der Waals surface area contributed by atoms with Crippen LogP contribution in [-0.2, 0) is 27.4 Å². The SMILES string of the molecule is COc1ccc2c(c1)c(C(F)(F)F)c(CCC(=O)NS(C)(=O)=O)n2C(=O)c1ccc(Cl)cc1. The molecule has 0 saturated heterocycles. The maximum absolute atomic E-state index is 14.2. The molecule has 1 N–H and O–H groups in total. The largest absolute Gasteiger partial charge is 0.497 e. The lowest BCUT2D eigenvalue weighted by atomic mass is 10.1. The van der Waals surface area contributed by atoms with E-state index in [2.05, 4.69) is 0 Å². The maximum atomic E-state index is 14.2. The van der Waals surface area contributed by atoms with Crippen molar-refractivity contribution in [3.63, 3.8) is 0 Å². The Morgan fingerprint density at radius 2 is 1.76 bits per heavy atom. The van der Waals surface area contributed by atoms with E-state index >= 15 is 0 Å². The first-order chi connectivity index (χ1) is 15.3. The molecule has 1 aromatic heterocycles. The lowest BCUT2D eigenvalue weighted by molar-refractivity contribution is -0.137. The van der Waals surface area contributed by atoms with Crippen molar-refractivity contribution < 1.29 is 35.9 Å². The summed E-state index contributed by atoms with van der Waals surface area (Å²) >= 11 is 5.85. The highest BCUT2D eigenvalue weighted by Crippen LogP contribution is 2.41. The van der Waals surface area contributed by atoms with Crippen molar-refractivity contribution >= 4 is 44.3 Å². The molecule has 0 unspecified atom stereocenters. The Kier molecular flexibility index (Phi) is 6.75. The number of carbonyl (C=O) groups is 2. The van der Waals surface area contributed by atoms with Crippen molar-refractivity contribution in [2.75, 3.05) is 13.4 Å². The fourth-order valence-electron chi connectivity index (χ4n) is 3.45. The summed E-state index contributed by atoms with van der Waals surface area (Å²) in [7, 11) is -2.61. The van der Waals surface area contributed by atoms with Gasteiger partial charge in [-0.15, -0.1) is 0 Å². The summed E-state index contributed by atoms with van der Waals surface area (Å²) in [4.78, 5) is 25.3. The number of nitrogens with zero attached hydrogens (tertiary/aromatic N) is 1. The molecule has 0 radical (unpaired) electrons. The second-order valence-electron chi connectivity index (χ2n) is 7.15. The molecule has 0 aliphatic rings. The third kappa shape index (κ3) is 5.48. The number of aromatic nitrogens is 1. The van der Waals surface area contributed by atoms with E-state index in [9.17, 15) is 31.2 Å². The monoisotopic (exact) mass is 502 g/mol. The molecule has 1 heterocycles. The quantitative estimate of drug-likeness (QED) is 0.549. The molecule has 0 atom stereocenters. The van der Waals surface area contributed by atoms with Gasteiger partial charge in [0.2, 0.25) is 15.9 Å². The Morgan fingerprint density at radius 3 is 2.30 bits per heavy atom. The number of halogens is 4. The number of carbonyl (C=O) groups excluding carboxylic acids is 2. The van der Waals surface area contributed by atoms with Crippen molar-refractivity contribution in [3.05, 3.63) is 64.3 Å². The molecule has 33 heavy (non-hydrogen) atoms. The van der Waals surface area contributed by atoms with Crippen LogP contribution in [0.25, 0.3) is 10.9 Å². The number of alkyl halides is 3. The standard InChI is InChI=1S/C21H18ClF3N2O5S/c1-32-14-7-8-16-15(11-14)19(21(23,24)25)17(9-10-18(28)26-33(2,30)31)27(16)20(29)12-3-5-13(22)6-4-12/h3-8,11H,9-10H2,1-2H3,(H,26,28). The van der Waals surface area contributed by atoms with Crippen LogP contribution in [0.3, 0.4) is 0 Å². The average Bonchev–Trinajstić information content (AvgIpc) is 3.04. The number of fused-ring (bicyclic) bond motifs is 1. The zero-order valence-corrected chi connectivity index (χ0v) is 18.9. The van der Waals surface area contributed by atoms with Gasteiger partial charge in [0.05, 0.1) is 24.4 Å². The molecule has 3 aromatic rings. The van der Waals surface area contributed by atoms with E-state index in [1.807, 2.05) is 0 Å². The second kappa shape index (κ2) is 9.06. The molecular weight excluding hydrogens is 485 g/mol. The summed E-state index contributed by atoms with van der Waals surface area (Å²) in [6.07, 6.45) is -5.28. The number of ether oxygens (including phenoxy) is 1. The number of methoxy groups -OCH3 is 1. The zero-order valence-electron chi connectivity index (χ0n) is 17.4. The van der Waals surface area contributed by atoms with E-state index in [-0.39, 0.29) is 22.2 Å². The van der Waals surface area contributed by atoms with Gasteiger partial charge in [-0.25, -0.2) is 8.42 Å². The van der Waals surface area contributed by atoms with Gasteiger partial charge in [-0.3, -0.25) is 18.9 Å². The molecule has 0 spiro atoms. The molecule has 7 nitrogen and oxygen atoms in total. The molecule has 0 aliphatic heterocycles. The van der Waals surface area contributed by atoms with E-state index in [0.717, 1.165) is 16.9 Å². The molecule has 0 saturated carbocycles. The molecule has 0 bridgehead atoms. The smallest absolute Gasteiger partial charge is 0.418 e. The van der Waals surface area contributed by atoms with Crippen LogP contribution >= 0.6 is 11.6 Å². The van der Waals surface area contributed by atoms with Gasteiger partial charge in [-0.2, -0.15) is 13.2 Å². The fraction of sp³-hybridized carbons (Fsp3) is 0.238. The molecule has 176 valence electrons. The first kappa shape index (κ1) is 24.6. The van der Waals surface area contributed by atoms with Crippen LogP contribution in [0.4, 0.5) is 13.2 Å². The summed E-state index contributed by atoms with van der Waals surface area (Å²) in [6.45, 7) is 0. The molecular formula is C21H18ClF3N2O5S. The first-order valence-electron chi connectivity index (χ1n) is 9.41. The topological polar surface area (TPSA) is 94.5 Å². The van der Waals surface area contributed by atoms with Gasteiger partial charge in [0.25, 0.3) is 5.91 Å². The summed E-state index contributed by atoms with van der Waals surface area (Å²) in [5, 5.41) is 0.0463. The van der Waals surface area contributed by atoms with Gasteiger partial charge >= 0.3 is 6.18 Å². The molecule has 3 rings (SSSR count). The highest BCUT2D eigenvalue weighted by molar-refractivity contribution is 7.89. The Morgan fingerprint density at radius 1 is 1.12 bits per heavy atom. The average molecular weight is 503 g/mol. The van der Waals surface area contributed by atoms with E-state index in [1.54, 1.807) is 4.72 Å². The number of rotatable bonds is 6. The summed E-state index contributed by atoms with van der Waals surface area (Å²) in [6, 6.07) is 9.47. The van der Waals surface area contributed by atoms with Crippen molar-refractivity contribution in [2.24, 2.45) is 0 Å². The normalized spacial score (nSPS) is 12.1. The lowest BCUT2D eigenvalue weighted by Gasteiger charge is -2.13. The van der Waals surface area contributed by atoms with Crippen molar-refractivity contribution in [3.8, 4) is 5.75 Å². The number of sulfonamides is 1. The maximum Gasteiger partial charge on any atom is 0.418 e. The minimum absolute atomic E-state index is 0.0402. The van der Waals surface area contributed by atoms with E-state index < -0.39 is 52.1 Å². The fourth-order valence-corrected chi connectivity index (χ4v) is 4.09. The zero-order chi connectivity index (χ0) is 24.6. The predicted molar refractivity (Wildman–Crippen MR) is 116 cm³/mol. The minimum Gasteiger partial charge on any atom is -0.497 e. The third-order valence-electron chi connectivity index (χ3n) is 4.74. The highest BCUT2D eigenvalue weighted by Gasteiger charge is 2.39. The van der Waals surface area contributed by atoms with Gasteiger partial charge in [0.1, 0.15) is 5.75 Å². The second-order valence-corrected chi connectivity index (χ2v) is 9.33. The van der Waals surface area contributed by atoms with Crippen molar-refractivity contribution in [2.45, 2.75) is 19.0 Å². The molecule has 0 aliphatic carbocycles. The van der Waals surface area contributed by atoms with Crippen LogP contribution in [0.1, 0.15) is 28.0 Å². The first-order valence-corrected chi connectivity index (χ1v) is 11.7. The molecule has 12 heteroatoms. The van der Waals surface area contributed by atoms with Gasteiger partial charge < -0.3 is 4.74 Å². The number of hydrogen-bond acceptors (Lipinski definition) is 5. The van der Waals surface area contributed by atoms with E-state index in [0.29, 0.717) is 5.02 Å². The predicted octanol–water partition coefficient (Wildman–Crippen LogP) is 4.02. The van der Waals surface area contributed by atoms with Crippen LogP contribution in [0.15, 0.2) is 42.5 Å². The number of amides is 1. The third-order valence-corrected chi connectivity index (χ3v) is 5.59. The van der Waals surface area contributed by atoms with Crippen molar-refractivity contribution in [1.82, 2.24) is 9.29 Å². The number of hydrogen-bond donors (Lipinski definition) is 1. The van der Waals surface area contributed by atoms with Crippen LogP contribution in [-0.4, -0.2) is 38.2 Å². The van der Waals surface area contributed by atoms with Gasteiger partial charge in [-0.05, 0) is 48.9 Å². The molecule has 0 fully saturated rings. The Bertz CT molecular complexity index is 1330. The number of benzene rings is 2. The van der Waals surface area contributed by atoms with Gasteiger partial charge in [-0.1, -0.05) is 11.6 Å². The van der Waals surface area contributed by atoms with Crippen molar-refractivity contribution in [1.29, 1.82) is 0 Å². The van der Waals surface area contributed by atoms with E-state index in [4.69, 9.17) is 16.3 Å². The van der Waals surface area contributed by atoms with Crippen LogP contribution in [0, 0.1) is 0 Å². The van der Waals surface area contributed by atoms with Crippen LogP contribution in [0.2, 0.25) is 5.02 Å². The van der Waals surface area contributed by atoms with Gasteiger partial charge in [0.15, 0.2) is 0 Å². The summed E-state index contributed by atoms with van der Waals surface area (Å²) in [5.74, 6) is -1.62. The van der Waals surface area contributed by atoms with Crippen LogP contribution < -0.4 is 9.46 Å². The van der Waals surface area contributed by atoms with Crippen LogP contribution in [0.5, 0.6) is 5.75 Å². The lowest BCUT2D eigenvalue weighted by Crippen LogP contribution is -2.30. The summed E-state index contributed by atoms with van der Waals surface area (Å²) in [5.41, 5.74) is -1.55. The highest BCUT2D eigenvalue weighted by atomic mass is 35.5.